The topological polar surface area (TPSA) is 21.3 Å². The molecule has 0 saturated carbocycles. The Morgan fingerprint density at radius 1 is 0.880 bits per heavy atom. The van der Waals surface area contributed by atoms with Gasteiger partial charge < -0.3 is 10.1 Å². The lowest BCUT2D eigenvalue weighted by Crippen LogP contribution is -2.04. The fourth-order valence-corrected chi connectivity index (χ4v) is 3.00. The van der Waals surface area contributed by atoms with Crippen LogP contribution in [0.25, 0.3) is 0 Å². The number of anilines is 1. The predicted molar refractivity (Wildman–Crippen MR) is 106 cm³/mol. The molecule has 0 aliphatic carbocycles. The van der Waals surface area contributed by atoms with Crippen LogP contribution in [0.2, 0.25) is 10.0 Å². The summed E-state index contributed by atoms with van der Waals surface area (Å²) >= 11 is 12.2. The van der Waals surface area contributed by atoms with Crippen LogP contribution >= 0.6 is 23.2 Å². The van der Waals surface area contributed by atoms with Gasteiger partial charge in [-0.15, -0.1) is 0 Å². The molecule has 25 heavy (non-hydrogen) atoms. The van der Waals surface area contributed by atoms with Gasteiger partial charge in [-0.05, 0) is 42.8 Å². The molecule has 1 N–H and O–H groups in total. The van der Waals surface area contributed by atoms with Gasteiger partial charge in [0.25, 0.3) is 0 Å². The van der Waals surface area contributed by atoms with E-state index in [1.54, 1.807) is 6.07 Å². The van der Waals surface area contributed by atoms with Crippen LogP contribution in [0.5, 0.6) is 5.75 Å². The van der Waals surface area contributed by atoms with E-state index < -0.39 is 0 Å². The second kappa shape index (κ2) is 8.28. The SMILES string of the molecule is Cc1cccc(NCc2ccccc2OCc2ccc(Cl)cc2Cl)c1. The Morgan fingerprint density at radius 2 is 1.72 bits per heavy atom. The minimum absolute atomic E-state index is 0.400. The maximum absolute atomic E-state index is 6.21. The van der Waals surface area contributed by atoms with Gasteiger partial charge in [-0.2, -0.15) is 0 Å². The molecule has 0 heterocycles. The summed E-state index contributed by atoms with van der Waals surface area (Å²) in [6, 6.07) is 21.7. The molecule has 2 nitrogen and oxygen atoms in total. The molecule has 0 amide bonds. The molecule has 0 spiro atoms. The van der Waals surface area contributed by atoms with Crippen molar-refractivity contribution < 1.29 is 4.74 Å². The van der Waals surface area contributed by atoms with Crippen molar-refractivity contribution in [3.05, 3.63) is 93.5 Å². The zero-order chi connectivity index (χ0) is 17.6. The lowest BCUT2D eigenvalue weighted by atomic mass is 10.1. The van der Waals surface area contributed by atoms with E-state index in [0.717, 1.165) is 22.6 Å². The molecule has 0 unspecified atom stereocenters. The maximum Gasteiger partial charge on any atom is 0.124 e. The van der Waals surface area contributed by atoms with Crippen molar-refractivity contribution in [2.45, 2.75) is 20.1 Å². The molecular weight excluding hydrogens is 353 g/mol. The van der Waals surface area contributed by atoms with Crippen LogP contribution in [0, 0.1) is 6.92 Å². The van der Waals surface area contributed by atoms with Gasteiger partial charge in [-0.1, -0.05) is 59.6 Å². The second-order valence-electron chi connectivity index (χ2n) is 5.86. The Bertz CT molecular complexity index is 864. The molecular formula is C21H19Cl2NO. The van der Waals surface area contributed by atoms with Crippen molar-refractivity contribution in [2.24, 2.45) is 0 Å². The molecule has 3 aromatic carbocycles. The Labute approximate surface area is 158 Å². The number of nitrogens with one attached hydrogen (secondary N) is 1. The van der Waals surface area contributed by atoms with E-state index in [1.165, 1.54) is 5.56 Å². The minimum Gasteiger partial charge on any atom is -0.488 e. The van der Waals surface area contributed by atoms with Gasteiger partial charge in [-0.3, -0.25) is 0 Å². The van der Waals surface area contributed by atoms with Crippen LogP contribution in [0.3, 0.4) is 0 Å². The Kier molecular flexibility index (Phi) is 5.85. The lowest BCUT2D eigenvalue weighted by molar-refractivity contribution is 0.303. The highest BCUT2D eigenvalue weighted by Gasteiger charge is 2.06. The van der Waals surface area contributed by atoms with Gasteiger partial charge in [-0.25, -0.2) is 0 Å². The van der Waals surface area contributed by atoms with Gasteiger partial charge in [0.1, 0.15) is 12.4 Å². The van der Waals surface area contributed by atoms with Gasteiger partial charge in [0, 0.05) is 33.4 Å². The number of rotatable bonds is 6. The second-order valence-corrected chi connectivity index (χ2v) is 6.70. The van der Waals surface area contributed by atoms with E-state index in [2.05, 4.69) is 36.5 Å². The fourth-order valence-electron chi connectivity index (χ4n) is 2.54. The largest absolute Gasteiger partial charge is 0.488 e. The van der Waals surface area contributed by atoms with Crippen LogP contribution in [-0.2, 0) is 13.2 Å². The molecule has 0 saturated heterocycles. The fraction of sp³-hybridized carbons (Fsp3) is 0.143. The summed E-state index contributed by atoms with van der Waals surface area (Å²) in [7, 11) is 0. The quantitative estimate of drug-likeness (QED) is 0.534. The van der Waals surface area contributed by atoms with E-state index in [9.17, 15) is 0 Å². The molecule has 0 atom stereocenters. The molecule has 0 bridgehead atoms. The number of aryl methyl sites for hydroxylation is 1. The van der Waals surface area contributed by atoms with Crippen molar-refractivity contribution in [1.29, 1.82) is 0 Å². The first kappa shape index (κ1) is 17.7. The normalized spacial score (nSPS) is 10.5. The first-order valence-corrected chi connectivity index (χ1v) is 8.82. The average Bonchev–Trinajstić information content (AvgIpc) is 2.60. The van der Waals surface area contributed by atoms with E-state index in [0.29, 0.717) is 23.2 Å². The Morgan fingerprint density at radius 3 is 2.52 bits per heavy atom. The zero-order valence-corrected chi connectivity index (χ0v) is 15.4. The number of benzene rings is 3. The third kappa shape index (κ3) is 4.91. The minimum atomic E-state index is 0.400. The van der Waals surface area contributed by atoms with E-state index >= 15 is 0 Å². The molecule has 0 radical (unpaired) electrons. The van der Waals surface area contributed by atoms with E-state index in [-0.39, 0.29) is 0 Å². The molecule has 0 aliphatic rings. The first-order chi connectivity index (χ1) is 12.1. The predicted octanol–water partition coefficient (Wildman–Crippen LogP) is 6.49. The van der Waals surface area contributed by atoms with Gasteiger partial charge >= 0.3 is 0 Å². The number of ether oxygens (including phenoxy) is 1. The highest BCUT2D eigenvalue weighted by atomic mass is 35.5. The zero-order valence-electron chi connectivity index (χ0n) is 13.9. The number of halogens is 2. The van der Waals surface area contributed by atoms with Crippen molar-refractivity contribution in [2.75, 3.05) is 5.32 Å². The number of para-hydroxylation sites is 1. The van der Waals surface area contributed by atoms with Crippen molar-refractivity contribution in [3.63, 3.8) is 0 Å². The maximum atomic E-state index is 6.21. The van der Waals surface area contributed by atoms with Crippen molar-refractivity contribution >= 4 is 28.9 Å². The van der Waals surface area contributed by atoms with Crippen LogP contribution in [0.15, 0.2) is 66.7 Å². The Hall–Kier alpha value is -2.16. The monoisotopic (exact) mass is 371 g/mol. The summed E-state index contributed by atoms with van der Waals surface area (Å²) in [5.41, 5.74) is 4.32. The summed E-state index contributed by atoms with van der Waals surface area (Å²) in [6.45, 7) is 3.17. The number of hydrogen-bond donors (Lipinski definition) is 1. The van der Waals surface area contributed by atoms with E-state index in [1.807, 2.05) is 36.4 Å². The Balaban J connectivity index is 1.68. The molecule has 3 aromatic rings. The molecule has 4 heteroatoms. The molecule has 3 rings (SSSR count). The summed E-state index contributed by atoms with van der Waals surface area (Å²) in [5, 5.41) is 4.67. The summed E-state index contributed by atoms with van der Waals surface area (Å²) in [4.78, 5) is 0. The van der Waals surface area contributed by atoms with Gasteiger partial charge in [0.2, 0.25) is 0 Å². The van der Waals surface area contributed by atoms with Crippen LogP contribution in [0.4, 0.5) is 5.69 Å². The third-order valence-electron chi connectivity index (χ3n) is 3.87. The molecule has 128 valence electrons. The van der Waals surface area contributed by atoms with E-state index in [4.69, 9.17) is 27.9 Å². The summed E-state index contributed by atoms with van der Waals surface area (Å²) in [6.07, 6.45) is 0. The third-order valence-corrected chi connectivity index (χ3v) is 4.46. The van der Waals surface area contributed by atoms with Crippen molar-refractivity contribution in [3.8, 4) is 5.75 Å². The summed E-state index contributed by atoms with van der Waals surface area (Å²) in [5.74, 6) is 0.841. The smallest absolute Gasteiger partial charge is 0.124 e. The van der Waals surface area contributed by atoms with Crippen LogP contribution in [0.1, 0.15) is 16.7 Å². The average molecular weight is 372 g/mol. The standard InChI is InChI=1S/C21H19Cl2NO/c1-15-5-4-7-19(11-15)24-13-16-6-2-3-8-21(16)25-14-17-9-10-18(22)12-20(17)23/h2-12,24H,13-14H2,1H3. The highest BCUT2D eigenvalue weighted by Crippen LogP contribution is 2.25. The molecule has 0 aliphatic heterocycles. The first-order valence-electron chi connectivity index (χ1n) is 8.07. The van der Waals surface area contributed by atoms with Gasteiger partial charge in [0.05, 0.1) is 0 Å². The lowest BCUT2D eigenvalue weighted by Gasteiger charge is -2.14. The van der Waals surface area contributed by atoms with Crippen molar-refractivity contribution in [1.82, 2.24) is 0 Å². The highest BCUT2D eigenvalue weighted by molar-refractivity contribution is 6.35. The number of hydrogen-bond acceptors (Lipinski definition) is 2. The molecule has 0 fully saturated rings. The summed E-state index contributed by atoms with van der Waals surface area (Å²) < 4.78 is 5.99. The van der Waals surface area contributed by atoms with Crippen LogP contribution in [-0.4, -0.2) is 0 Å². The van der Waals surface area contributed by atoms with Gasteiger partial charge in [0.15, 0.2) is 0 Å². The molecule has 0 aromatic heterocycles. The van der Waals surface area contributed by atoms with Crippen LogP contribution < -0.4 is 10.1 Å².